The van der Waals surface area contributed by atoms with E-state index in [1.165, 1.54) is 32.1 Å². The highest BCUT2D eigenvalue weighted by molar-refractivity contribution is 7.95. The van der Waals surface area contributed by atoms with Crippen molar-refractivity contribution in [3.63, 3.8) is 0 Å². The van der Waals surface area contributed by atoms with Crippen molar-refractivity contribution in [3.8, 4) is 0 Å². The maximum Gasteiger partial charge on any atom is 0.326 e. The third kappa shape index (κ3) is 12.7. The van der Waals surface area contributed by atoms with E-state index in [9.17, 15) is 9.59 Å². The number of carbonyl (C=O) groups excluding carboxylic acids is 1. The van der Waals surface area contributed by atoms with Gasteiger partial charge in [-0.2, -0.15) is 0 Å². The molecule has 0 unspecified atom stereocenters. The van der Waals surface area contributed by atoms with Crippen molar-refractivity contribution in [2.24, 2.45) is 0 Å². The van der Waals surface area contributed by atoms with Crippen molar-refractivity contribution in [2.75, 3.05) is 18.3 Å². The maximum atomic E-state index is 11.8. The molecule has 0 fully saturated rings. The summed E-state index contributed by atoms with van der Waals surface area (Å²) in [4.78, 5) is 22.9. The van der Waals surface area contributed by atoms with Gasteiger partial charge in [-0.05, 0) is 17.3 Å². The first-order valence-electron chi connectivity index (χ1n) is 8.03. The molecule has 0 aliphatic rings. The first-order chi connectivity index (χ1) is 9.97. The van der Waals surface area contributed by atoms with Gasteiger partial charge in [0.1, 0.15) is 11.8 Å². The Hall–Kier alpha value is -0.710. The highest BCUT2D eigenvalue weighted by Crippen LogP contribution is 2.08. The lowest BCUT2D eigenvalue weighted by molar-refractivity contribution is -0.141. The number of carboxylic acids is 1. The molecule has 0 aliphatic heterocycles. The van der Waals surface area contributed by atoms with Gasteiger partial charge in [0, 0.05) is 12.8 Å². The highest BCUT2D eigenvalue weighted by Gasteiger charge is 2.21. The predicted octanol–water partition coefficient (Wildman–Crippen LogP) is 2.96. The number of nitrogens with one attached hydrogen (secondary N) is 1. The number of hydrogen-bond acceptors (Lipinski definition) is 2. The highest BCUT2D eigenvalue weighted by atomic mass is 32.2. The molecular formula is C16H32NO3S+. The summed E-state index contributed by atoms with van der Waals surface area (Å²) < 4.78 is 0. The zero-order chi connectivity index (χ0) is 16.1. The van der Waals surface area contributed by atoms with Gasteiger partial charge in [0.05, 0.1) is 12.5 Å². The molecule has 2 N–H and O–H groups in total. The standard InChI is InChI=1S/C16H31NO3S/c1-4-5-6-7-8-9-10-11-15(18)17-14(16(19)20)12-13-21(2)3/h14H,4-13H2,1-3H3,(H-,17,18,19,20)/p+1/t14-/m1/s1. The van der Waals surface area contributed by atoms with Gasteiger partial charge in [-0.3, -0.25) is 4.79 Å². The van der Waals surface area contributed by atoms with Crippen LogP contribution < -0.4 is 5.32 Å². The molecule has 0 aromatic heterocycles. The third-order valence-corrected chi connectivity index (χ3v) is 4.51. The largest absolute Gasteiger partial charge is 0.480 e. The van der Waals surface area contributed by atoms with Crippen LogP contribution in [0.3, 0.4) is 0 Å². The molecule has 21 heavy (non-hydrogen) atoms. The van der Waals surface area contributed by atoms with Gasteiger partial charge in [0.25, 0.3) is 0 Å². The summed E-state index contributed by atoms with van der Waals surface area (Å²) in [6, 6.07) is -0.725. The normalized spacial score (nSPS) is 12.4. The van der Waals surface area contributed by atoms with E-state index in [4.69, 9.17) is 5.11 Å². The third-order valence-electron chi connectivity index (χ3n) is 3.46. The molecule has 0 spiro atoms. The van der Waals surface area contributed by atoms with Gasteiger partial charge in [-0.1, -0.05) is 45.4 Å². The first kappa shape index (κ1) is 20.3. The Morgan fingerprint density at radius 3 is 2.14 bits per heavy atom. The van der Waals surface area contributed by atoms with Crippen molar-refractivity contribution in [1.82, 2.24) is 5.32 Å². The summed E-state index contributed by atoms with van der Waals surface area (Å²) in [6.45, 7) is 2.20. The number of amides is 1. The van der Waals surface area contributed by atoms with E-state index in [1.54, 1.807) is 0 Å². The Labute approximate surface area is 132 Å². The maximum absolute atomic E-state index is 11.8. The second kappa shape index (κ2) is 13.0. The summed E-state index contributed by atoms with van der Waals surface area (Å²) in [6.07, 6.45) is 13.3. The molecule has 124 valence electrons. The fourth-order valence-electron chi connectivity index (χ4n) is 2.12. The first-order valence-corrected chi connectivity index (χ1v) is 10.2. The Balaban J connectivity index is 3.75. The Morgan fingerprint density at radius 1 is 1.05 bits per heavy atom. The molecule has 0 aromatic carbocycles. The van der Waals surface area contributed by atoms with E-state index in [2.05, 4.69) is 24.8 Å². The summed E-state index contributed by atoms with van der Waals surface area (Å²) in [5, 5.41) is 11.8. The van der Waals surface area contributed by atoms with Gasteiger partial charge in [0.15, 0.2) is 0 Å². The molecule has 0 bridgehead atoms. The van der Waals surface area contributed by atoms with Crippen molar-refractivity contribution in [1.29, 1.82) is 0 Å². The minimum Gasteiger partial charge on any atom is -0.480 e. The molecule has 0 saturated carbocycles. The van der Waals surface area contributed by atoms with Crippen LogP contribution in [0.4, 0.5) is 0 Å². The summed E-state index contributed by atoms with van der Waals surface area (Å²) in [5.74, 6) is -0.203. The monoisotopic (exact) mass is 318 g/mol. The van der Waals surface area contributed by atoms with E-state index in [0.29, 0.717) is 12.8 Å². The second-order valence-corrected chi connectivity index (χ2v) is 8.19. The quantitative estimate of drug-likeness (QED) is 0.405. The van der Waals surface area contributed by atoms with Crippen LogP contribution in [0.25, 0.3) is 0 Å². The lowest BCUT2D eigenvalue weighted by Crippen LogP contribution is -2.41. The van der Waals surface area contributed by atoms with Crippen LogP contribution in [0.2, 0.25) is 0 Å². The average Bonchev–Trinajstić information content (AvgIpc) is 2.41. The van der Waals surface area contributed by atoms with Crippen molar-refractivity contribution < 1.29 is 14.7 Å². The minimum atomic E-state index is -0.923. The summed E-state index contributed by atoms with van der Waals surface area (Å²) in [5.41, 5.74) is 0. The van der Waals surface area contributed by atoms with Crippen LogP contribution in [0.15, 0.2) is 0 Å². The molecule has 0 rings (SSSR count). The van der Waals surface area contributed by atoms with Crippen LogP contribution in [-0.4, -0.2) is 41.3 Å². The minimum absolute atomic E-state index is 0.122. The smallest absolute Gasteiger partial charge is 0.326 e. The van der Waals surface area contributed by atoms with Gasteiger partial charge in [0.2, 0.25) is 5.91 Å². The van der Waals surface area contributed by atoms with Crippen LogP contribution in [-0.2, 0) is 20.5 Å². The second-order valence-electron chi connectivity index (χ2n) is 5.81. The van der Waals surface area contributed by atoms with Gasteiger partial charge < -0.3 is 10.4 Å². The molecule has 0 radical (unpaired) electrons. The van der Waals surface area contributed by atoms with Crippen molar-refractivity contribution in [2.45, 2.75) is 70.8 Å². The lowest BCUT2D eigenvalue weighted by atomic mass is 10.1. The molecule has 0 aliphatic carbocycles. The number of unbranched alkanes of at least 4 members (excludes halogenated alkanes) is 6. The van der Waals surface area contributed by atoms with E-state index >= 15 is 0 Å². The number of hydrogen-bond donors (Lipinski definition) is 2. The fraction of sp³-hybridized carbons (Fsp3) is 0.875. The Kier molecular flexibility index (Phi) is 12.5. The van der Waals surface area contributed by atoms with Crippen LogP contribution in [0, 0.1) is 0 Å². The van der Waals surface area contributed by atoms with E-state index in [-0.39, 0.29) is 16.8 Å². The van der Waals surface area contributed by atoms with Crippen molar-refractivity contribution in [3.05, 3.63) is 0 Å². The van der Waals surface area contributed by atoms with Crippen molar-refractivity contribution >= 4 is 22.8 Å². The molecule has 0 heterocycles. The van der Waals surface area contributed by atoms with E-state index in [0.717, 1.165) is 18.6 Å². The Morgan fingerprint density at radius 2 is 1.62 bits per heavy atom. The molecule has 5 heteroatoms. The van der Waals surface area contributed by atoms with Gasteiger partial charge in [-0.25, -0.2) is 4.79 Å². The molecule has 4 nitrogen and oxygen atoms in total. The number of aliphatic carboxylic acids is 1. The lowest BCUT2D eigenvalue weighted by Gasteiger charge is -2.13. The molecule has 0 aromatic rings. The molecular weight excluding hydrogens is 286 g/mol. The molecule has 1 atom stereocenters. The summed E-state index contributed by atoms with van der Waals surface area (Å²) >= 11 is 0. The topological polar surface area (TPSA) is 66.4 Å². The number of rotatable bonds is 13. The SMILES string of the molecule is CCCCCCCCCC(=O)N[C@H](CC[S+](C)C)C(=O)O. The summed E-state index contributed by atoms with van der Waals surface area (Å²) in [7, 11) is 0.207. The fourth-order valence-corrected chi connectivity index (χ4v) is 2.83. The zero-order valence-corrected chi connectivity index (χ0v) is 14.6. The van der Waals surface area contributed by atoms with E-state index < -0.39 is 12.0 Å². The average molecular weight is 319 g/mol. The molecule has 0 saturated heterocycles. The zero-order valence-electron chi connectivity index (χ0n) is 13.8. The van der Waals surface area contributed by atoms with Crippen LogP contribution in [0.1, 0.15) is 64.7 Å². The predicted molar refractivity (Wildman–Crippen MR) is 90.9 cm³/mol. The van der Waals surface area contributed by atoms with Gasteiger partial charge in [-0.15, -0.1) is 0 Å². The van der Waals surface area contributed by atoms with Crippen LogP contribution in [0.5, 0.6) is 0 Å². The molecule has 1 amide bonds. The number of carbonyl (C=O) groups is 2. The van der Waals surface area contributed by atoms with E-state index in [1.807, 2.05) is 0 Å². The van der Waals surface area contributed by atoms with Gasteiger partial charge >= 0.3 is 5.97 Å². The van der Waals surface area contributed by atoms with Crippen LogP contribution >= 0.6 is 0 Å². The number of carboxylic acid groups (broad SMARTS) is 1. The Bertz CT molecular complexity index is 295.